The van der Waals surface area contributed by atoms with E-state index in [0.29, 0.717) is 13.0 Å². The summed E-state index contributed by atoms with van der Waals surface area (Å²) in [7, 11) is 0. The van der Waals surface area contributed by atoms with Gasteiger partial charge in [0.15, 0.2) is 0 Å². The summed E-state index contributed by atoms with van der Waals surface area (Å²) in [5.41, 5.74) is 2.53. The van der Waals surface area contributed by atoms with Crippen molar-refractivity contribution in [1.82, 2.24) is 19.6 Å². The highest BCUT2D eigenvalue weighted by atomic mass is 16.2. The Bertz CT molecular complexity index is 680. The summed E-state index contributed by atoms with van der Waals surface area (Å²) in [6, 6.07) is 10.5. The Balaban J connectivity index is 1.61. The fourth-order valence-electron chi connectivity index (χ4n) is 3.08. The molecule has 1 aliphatic rings. The van der Waals surface area contributed by atoms with Crippen molar-refractivity contribution in [3.05, 3.63) is 66.5 Å². The van der Waals surface area contributed by atoms with Crippen LogP contribution in [0.3, 0.4) is 0 Å². The number of carbonyl (C=O) groups excluding carboxylic acids is 1. The second-order valence-corrected chi connectivity index (χ2v) is 6.18. The predicted octanol–water partition coefficient (Wildman–Crippen LogP) is 2.15. The second kappa shape index (κ2) is 7.93. The number of hydrogen-bond donors (Lipinski definition) is 0. The predicted molar refractivity (Wildman–Crippen MR) is 94.4 cm³/mol. The second-order valence-electron chi connectivity index (χ2n) is 6.18. The van der Waals surface area contributed by atoms with Crippen molar-refractivity contribution in [2.75, 3.05) is 26.2 Å². The van der Waals surface area contributed by atoms with Gasteiger partial charge in [-0.2, -0.15) is 5.10 Å². The van der Waals surface area contributed by atoms with E-state index in [-0.39, 0.29) is 5.91 Å². The zero-order valence-electron chi connectivity index (χ0n) is 14.0. The van der Waals surface area contributed by atoms with E-state index in [4.69, 9.17) is 0 Å². The van der Waals surface area contributed by atoms with Gasteiger partial charge in [0.25, 0.3) is 0 Å². The first-order valence-electron chi connectivity index (χ1n) is 8.41. The van der Waals surface area contributed by atoms with Crippen molar-refractivity contribution >= 4 is 5.91 Å². The zero-order chi connectivity index (χ0) is 16.8. The number of aromatic nitrogens is 2. The lowest BCUT2D eigenvalue weighted by Gasteiger charge is -2.21. The zero-order valence-corrected chi connectivity index (χ0v) is 14.0. The summed E-state index contributed by atoms with van der Waals surface area (Å²) in [5.74, 6) is 0.227. The third kappa shape index (κ3) is 4.32. The van der Waals surface area contributed by atoms with E-state index in [1.54, 1.807) is 12.3 Å². The Kier molecular flexibility index (Phi) is 5.43. The molecule has 1 saturated heterocycles. The van der Waals surface area contributed by atoms with Crippen LogP contribution < -0.4 is 0 Å². The molecule has 0 radical (unpaired) electrons. The highest BCUT2D eigenvalue weighted by Gasteiger charge is 2.19. The van der Waals surface area contributed by atoms with E-state index < -0.39 is 0 Å². The van der Waals surface area contributed by atoms with Crippen molar-refractivity contribution in [3.63, 3.8) is 0 Å². The minimum atomic E-state index is 0.227. The van der Waals surface area contributed by atoms with E-state index in [9.17, 15) is 4.79 Å². The van der Waals surface area contributed by atoms with Gasteiger partial charge in [-0.25, -0.2) is 0 Å². The summed E-state index contributed by atoms with van der Waals surface area (Å²) in [5, 5.41) is 4.26. The van der Waals surface area contributed by atoms with Gasteiger partial charge in [-0.15, -0.1) is 6.58 Å². The van der Waals surface area contributed by atoms with Crippen molar-refractivity contribution < 1.29 is 4.79 Å². The molecule has 0 spiro atoms. The van der Waals surface area contributed by atoms with Gasteiger partial charge in [-0.05, 0) is 17.2 Å². The van der Waals surface area contributed by atoms with Crippen LogP contribution in [0.4, 0.5) is 0 Å². The normalized spacial score (nSPS) is 16.2. The molecule has 2 aromatic rings. The third-order valence-corrected chi connectivity index (χ3v) is 4.33. The van der Waals surface area contributed by atoms with Gasteiger partial charge in [0.2, 0.25) is 5.91 Å². The average molecular weight is 324 g/mol. The molecule has 5 heteroatoms. The third-order valence-electron chi connectivity index (χ3n) is 4.33. The first kappa shape index (κ1) is 16.5. The van der Waals surface area contributed by atoms with E-state index in [0.717, 1.165) is 32.7 Å². The van der Waals surface area contributed by atoms with Crippen molar-refractivity contribution in [1.29, 1.82) is 0 Å². The largest absolute Gasteiger partial charge is 0.338 e. The molecule has 0 bridgehead atoms. The van der Waals surface area contributed by atoms with Crippen molar-refractivity contribution in [2.45, 2.75) is 19.5 Å². The number of rotatable bonds is 6. The molecule has 0 aliphatic carbocycles. The Morgan fingerprint density at radius 2 is 1.96 bits per heavy atom. The van der Waals surface area contributed by atoms with E-state index in [2.05, 4.69) is 40.8 Å². The van der Waals surface area contributed by atoms with Crippen LogP contribution in [0.5, 0.6) is 0 Å². The summed E-state index contributed by atoms with van der Waals surface area (Å²) in [6.45, 7) is 8.54. The van der Waals surface area contributed by atoms with E-state index in [1.165, 1.54) is 11.1 Å². The summed E-state index contributed by atoms with van der Waals surface area (Å²) < 4.78 is 1.93. The molecular weight excluding hydrogens is 300 g/mol. The van der Waals surface area contributed by atoms with Gasteiger partial charge in [0, 0.05) is 51.5 Å². The molecule has 0 N–H and O–H groups in total. The minimum Gasteiger partial charge on any atom is -0.338 e. The molecule has 0 unspecified atom stereocenters. The maximum atomic E-state index is 12.1. The van der Waals surface area contributed by atoms with Crippen molar-refractivity contribution in [2.24, 2.45) is 0 Å². The van der Waals surface area contributed by atoms with E-state index >= 15 is 0 Å². The lowest BCUT2D eigenvalue weighted by atomic mass is 10.1. The molecule has 1 fully saturated rings. The van der Waals surface area contributed by atoms with Gasteiger partial charge >= 0.3 is 0 Å². The Labute approximate surface area is 143 Å². The topological polar surface area (TPSA) is 41.4 Å². The lowest BCUT2D eigenvalue weighted by molar-refractivity contribution is -0.129. The molecule has 3 rings (SSSR count). The van der Waals surface area contributed by atoms with Gasteiger partial charge in [-0.1, -0.05) is 30.3 Å². The Morgan fingerprint density at radius 3 is 2.71 bits per heavy atom. The summed E-state index contributed by atoms with van der Waals surface area (Å²) in [4.78, 5) is 16.3. The minimum absolute atomic E-state index is 0.227. The number of hydrogen-bond acceptors (Lipinski definition) is 3. The summed E-state index contributed by atoms with van der Waals surface area (Å²) in [6.07, 6.45) is 6.15. The maximum Gasteiger partial charge on any atom is 0.224 e. The maximum absolute atomic E-state index is 12.1. The van der Waals surface area contributed by atoms with Crippen molar-refractivity contribution in [3.8, 4) is 0 Å². The summed E-state index contributed by atoms with van der Waals surface area (Å²) >= 11 is 0. The SMILES string of the molecule is C=CCN1CCN(Cc2cccc(Cn3cccn3)c2)CCC1=O. The number of benzene rings is 1. The van der Waals surface area contributed by atoms with Crippen LogP contribution in [0.1, 0.15) is 17.5 Å². The fraction of sp³-hybridized carbons (Fsp3) is 0.368. The molecule has 2 heterocycles. The van der Waals surface area contributed by atoms with Crippen LogP contribution in [0.15, 0.2) is 55.4 Å². The standard InChI is InChI=1S/C19H24N4O/c1-2-9-22-13-12-21(11-7-19(22)24)15-17-5-3-6-18(14-17)16-23-10-4-8-20-23/h2-6,8,10,14H,1,7,9,11-13,15-16H2. The number of amides is 1. The quantitative estimate of drug-likeness (QED) is 0.765. The smallest absolute Gasteiger partial charge is 0.224 e. The Hall–Kier alpha value is -2.40. The lowest BCUT2D eigenvalue weighted by Crippen LogP contribution is -2.33. The van der Waals surface area contributed by atoms with E-state index in [1.807, 2.05) is 21.8 Å². The average Bonchev–Trinajstić information content (AvgIpc) is 3.02. The molecule has 5 nitrogen and oxygen atoms in total. The number of carbonyl (C=O) groups is 1. The molecule has 1 amide bonds. The highest BCUT2D eigenvalue weighted by Crippen LogP contribution is 2.12. The molecule has 126 valence electrons. The first-order valence-corrected chi connectivity index (χ1v) is 8.41. The van der Waals surface area contributed by atoms with Gasteiger partial charge in [-0.3, -0.25) is 14.4 Å². The molecule has 1 aromatic carbocycles. The highest BCUT2D eigenvalue weighted by molar-refractivity contribution is 5.76. The molecular formula is C19H24N4O. The van der Waals surface area contributed by atoms with Gasteiger partial charge in [0.05, 0.1) is 6.54 Å². The fourth-order valence-corrected chi connectivity index (χ4v) is 3.08. The van der Waals surface area contributed by atoms with Gasteiger partial charge < -0.3 is 4.90 Å². The first-order chi connectivity index (χ1) is 11.7. The molecule has 1 aliphatic heterocycles. The molecule has 0 atom stereocenters. The Morgan fingerprint density at radius 1 is 1.12 bits per heavy atom. The van der Waals surface area contributed by atoms with Crippen LogP contribution >= 0.6 is 0 Å². The van der Waals surface area contributed by atoms with Crippen LogP contribution in [0, 0.1) is 0 Å². The van der Waals surface area contributed by atoms with Crippen LogP contribution in [0.25, 0.3) is 0 Å². The van der Waals surface area contributed by atoms with Crippen LogP contribution in [-0.4, -0.2) is 51.7 Å². The molecule has 0 saturated carbocycles. The van der Waals surface area contributed by atoms with Gasteiger partial charge in [0.1, 0.15) is 0 Å². The van der Waals surface area contributed by atoms with Crippen LogP contribution in [-0.2, 0) is 17.9 Å². The number of nitrogens with zero attached hydrogens (tertiary/aromatic N) is 4. The molecule has 1 aromatic heterocycles. The monoisotopic (exact) mass is 324 g/mol. The van der Waals surface area contributed by atoms with Crippen LogP contribution in [0.2, 0.25) is 0 Å². The molecule has 24 heavy (non-hydrogen) atoms.